The molecule has 0 bridgehead atoms. The van der Waals surface area contributed by atoms with Gasteiger partial charge in [0, 0.05) is 22.0 Å². The minimum absolute atomic E-state index is 0.675. The molecule has 0 aromatic heterocycles. The topological polar surface area (TPSA) is 24.8 Å². The number of benzene rings is 2. The molecule has 1 aliphatic carbocycles. The molecule has 3 rings (SSSR count). The van der Waals surface area contributed by atoms with Crippen molar-refractivity contribution in [3.05, 3.63) is 50.4 Å². The third-order valence-corrected chi connectivity index (χ3v) is 5.99. The lowest BCUT2D eigenvalue weighted by atomic mass is 10.1. The van der Waals surface area contributed by atoms with Crippen LogP contribution in [0.3, 0.4) is 0 Å². The van der Waals surface area contributed by atoms with E-state index in [9.17, 15) is 0 Å². The van der Waals surface area contributed by atoms with Gasteiger partial charge in [0.25, 0.3) is 0 Å². The Morgan fingerprint density at radius 1 is 1.08 bits per heavy atom. The minimum atomic E-state index is 0.675. The predicted octanol–water partition coefficient (Wildman–Crippen LogP) is 6.37. The summed E-state index contributed by atoms with van der Waals surface area (Å²) in [6, 6.07) is 10.7. The summed E-state index contributed by atoms with van der Waals surface area (Å²) in [5.74, 6) is 1.66. The average Bonchev–Trinajstić information content (AvgIpc) is 3.37. The van der Waals surface area contributed by atoms with Gasteiger partial charge in [-0.3, -0.25) is 0 Å². The summed E-state index contributed by atoms with van der Waals surface area (Å²) in [5.41, 5.74) is 3.16. The normalized spacial score (nSPS) is 14.2. The fourth-order valence-electron chi connectivity index (χ4n) is 2.42. The van der Waals surface area contributed by atoms with Gasteiger partial charge in [-0.2, -0.15) is 0 Å². The fourth-order valence-corrected chi connectivity index (χ4v) is 3.02. The molecule has 1 aliphatic rings. The maximum atomic E-state index is 6.04. The maximum Gasteiger partial charge on any atom is 0.130 e. The van der Waals surface area contributed by atoms with Crippen molar-refractivity contribution in [2.45, 2.75) is 32.7 Å². The average molecular weight is 452 g/mol. The van der Waals surface area contributed by atoms with Gasteiger partial charge in [0.05, 0.1) is 12.0 Å². The largest absolute Gasteiger partial charge is 0.457 e. The summed E-state index contributed by atoms with van der Waals surface area (Å²) < 4.78 is 8.02. The van der Waals surface area contributed by atoms with E-state index in [1.807, 2.05) is 31.5 Å². The second-order valence-electron chi connectivity index (χ2n) is 6.22. The van der Waals surface area contributed by atoms with Crippen molar-refractivity contribution in [3.8, 4) is 11.5 Å². The Balaban J connectivity index is 1.79. The van der Waals surface area contributed by atoms with E-state index >= 15 is 0 Å². The van der Waals surface area contributed by atoms with Crippen LogP contribution in [0.5, 0.6) is 11.5 Å². The van der Waals surface area contributed by atoms with Gasteiger partial charge in [0.2, 0.25) is 0 Å². The molecule has 0 radical (unpaired) electrons. The van der Waals surface area contributed by atoms with Crippen molar-refractivity contribution in [3.63, 3.8) is 0 Å². The molecule has 1 saturated carbocycles. The van der Waals surface area contributed by atoms with Crippen molar-refractivity contribution in [2.75, 3.05) is 7.05 Å². The Labute approximate surface area is 160 Å². The SMILES string of the molecule is Cc1cc(Oc2ccc(Br)c(Br)c2)c(C)cc1/N=C/N(C)C1CC1. The molecule has 0 heterocycles. The minimum Gasteiger partial charge on any atom is -0.457 e. The lowest BCUT2D eigenvalue weighted by Gasteiger charge is -2.13. The molecule has 1 fully saturated rings. The summed E-state index contributed by atoms with van der Waals surface area (Å²) in [6.07, 6.45) is 4.48. The summed E-state index contributed by atoms with van der Waals surface area (Å²) in [6.45, 7) is 4.11. The van der Waals surface area contributed by atoms with E-state index in [4.69, 9.17) is 4.74 Å². The molecule has 0 atom stereocenters. The molecule has 2 aromatic rings. The van der Waals surface area contributed by atoms with E-state index in [1.54, 1.807) is 0 Å². The molecule has 5 heteroatoms. The zero-order valence-corrected chi connectivity index (χ0v) is 17.2. The van der Waals surface area contributed by atoms with Gasteiger partial charge in [0.15, 0.2) is 0 Å². The van der Waals surface area contributed by atoms with Crippen LogP contribution in [0.15, 0.2) is 44.3 Å². The van der Waals surface area contributed by atoms with E-state index in [1.165, 1.54) is 12.8 Å². The molecule has 0 saturated heterocycles. The smallest absolute Gasteiger partial charge is 0.130 e. The van der Waals surface area contributed by atoms with Crippen LogP contribution in [0.4, 0.5) is 5.69 Å². The first-order valence-corrected chi connectivity index (χ1v) is 9.53. The second kappa shape index (κ2) is 7.28. The Bertz CT molecular complexity index is 785. The first kappa shape index (κ1) is 17.5. The summed E-state index contributed by atoms with van der Waals surface area (Å²) in [4.78, 5) is 6.83. The monoisotopic (exact) mass is 450 g/mol. The molecule has 3 nitrogen and oxygen atoms in total. The maximum absolute atomic E-state index is 6.04. The van der Waals surface area contributed by atoms with Gasteiger partial charge >= 0.3 is 0 Å². The van der Waals surface area contributed by atoms with Crippen molar-refractivity contribution in [2.24, 2.45) is 4.99 Å². The van der Waals surface area contributed by atoms with Crippen LogP contribution < -0.4 is 4.74 Å². The van der Waals surface area contributed by atoms with Gasteiger partial charge < -0.3 is 9.64 Å². The molecule has 126 valence electrons. The number of aliphatic imine (C=N–C) groups is 1. The third kappa shape index (κ3) is 4.19. The highest BCUT2D eigenvalue weighted by Crippen LogP contribution is 2.34. The van der Waals surface area contributed by atoms with E-state index in [-0.39, 0.29) is 0 Å². The van der Waals surface area contributed by atoms with Crippen LogP contribution >= 0.6 is 31.9 Å². The van der Waals surface area contributed by atoms with Gasteiger partial charge in [-0.15, -0.1) is 0 Å². The van der Waals surface area contributed by atoms with Gasteiger partial charge in [-0.05, 0) is 100 Å². The third-order valence-electron chi connectivity index (χ3n) is 4.11. The van der Waals surface area contributed by atoms with Crippen LogP contribution in [0.25, 0.3) is 0 Å². The highest BCUT2D eigenvalue weighted by Gasteiger charge is 2.24. The number of hydrogen-bond donors (Lipinski definition) is 0. The molecular weight excluding hydrogens is 432 g/mol. The lowest BCUT2D eigenvalue weighted by Crippen LogP contribution is -2.17. The summed E-state index contributed by atoms with van der Waals surface area (Å²) in [7, 11) is 2.09. The molecule has 24 heavy (non-hydrogen) atoms. The van der Waals surface area contributed by atoms with Crippen LogP contribution in [-0.4, -0.2) is 24.3 Å². The van der Waals surface area contributed by atoms with E-state index in [0.29, 0.717) is 6.04 Å². The number of hydrogen-bond acceptors (Lipinski definition) is 2. The first-order chi connectivity index (χ1) is 11.4. The Morgan fingerprint density at radius 3 is 2.50 bits per heavy atom. The quantitative estimate of drug-likeness (QED) is 0.389. The highest BCUT2D eigenvalue weighted by atomic mass is 79.9. The van der Waals surface area contributed by atoms with E-state index in [0.717, 1.165) is 37.3 Å². The number of aryl methyl sites for hydroxylation is 2. The Hall–Kier alpha value is -1.33. The van der Waals surface area contributed by atoms with E-state index < -0.39 is 0 Å². The van der Waals surface area contributed by atoms with Gasteiger partial charge in [-0.1, -0.05) is 0 Å². The molecule has 0 spiro atoms. The zero-order chi connectivity index (χ0) is 17.3. The fraction of sp³-hybridized carbons (Fsp3) is 0.316. The zero-order valence-electron chi connectivity index (χ0n) is 14.0. The van der Waals surface area contributed by atoms with Crippen LogP contribution in [0.1, 0.15) is 24.0 Å². The number of nitrogens with zero attached hydrogens (tertiary/aromatic N) is 2. The van der Waals surface area contributed by atoms with Crippen molar-refractivity contribution in [1.82, 2.24) is 4.90 Å². The van der Waals surface area contributed by atoms with Gasteiger partial charge in [-0.25, -0.2) is 4.99 Å². The lowest BCUT2D eigenvalue weighted by molar-refractivity contribution is 0.478. The molecular formula is C19H20Br2N2O. The molecule has 2 aromatic carbocycles. The summed E-state index contributed by atoms with van der Waals surface area (Å²) >= 11 is 6.98. The molecule has 0 unspecified atom stereocenters. The first-order valence-electron chi connectivity index (χ1n) is 7.94. The number of rotatable bonds is 5. The summed E-state index contributed by atoms with van der Waals surface area (Å²) in [5, 5.41) is 0. The highest BCUT2D eigenvalue weighted by molar-refractivity contribution is 9.13. The van der Waals surface area contributed by atoms with Crippen LogP contribution in [-0.2, 0) is 0 Å². The second-order valence-corrected chi connectivity index (χ2v) is 7.93. The number of halogens is 2. The number of ether oxygens (including phenoxy) is 1. The Morgan fingerprint density at radius 2 is 1.83 bits per heavy atom. The molecule has 0 aliphatic heterocycles. The van der Waals surface area contributed by atoms with E-state index in [2.05, 4.69) is 67.9 Å². The van der Waals surface area contributed by atoms with Crippen LogP contribution in [0.2, 0.25) is 0 Å². The predicted molar refractivity (Wildman–Crippen MR) is 107 cm³/mol. The van der Waals surface area contributed by atoms with Crippen molar-refractivity contribution in [1.29, 1.82) is 0 Å². The van der Waals surface area contributed by atoms with Crippen molar-refractivity contribution < 1.29 is 4.74 Å². The molecule has 0 amide bonds. The standard InChI is InChI=1S/C19H20Br2N2O/c1-12-9-19(24-15-6-7-16(20)17(21)10-15)13(2)8-18(12)22-11-23(3)14-4-5-14/h6-11,14H,4-5H2,1-3H3/b22-11+. The van der Waals surface area contributed by atoms with Crippen molar-refractivity contribution >= 4 is 43.9 Å². The van der Waals surface area contributed by atoms with Gasteiger partial charge in [0.1, 0.15) is 11.5 Å². The molecule has 0 N–H and O–H groups in total. The van der Waals surface area contributed by atoms with Crippen LogP contribution in [0, 0.1) is 13.8 Å². The Kier molecular flexibility index (Phi) is 5.30.